The van der Waals surface area contributed by atoms with Gasteiger partial charge >= 0.3 is 0 Å². The Hall–Kier alpha value is -1.84. The number of aryl methyl sites for hydroxylation is 1. The molecule has 0 saturated heterocycles. The van der Waals surface area contributed by atoms with Crippen LogP contribution in [-0.2, 0) is 0 Å². The standard InChI is InChI=1S/C10H9FN2O/c1-5-2-6(14)3-8-9(5)10(12)7(11)4-13-8/h2-4,14H,1H3,(H2,12,13). The van der Waals surface area contributed by atoms with Crippen LogP contribution in [0.4, 0.5) is 10.1 Å². The van der Waals surface area contributed by atoms with Crippen molar-refractivity contribution in [3.63, 3.8) is 0 Å². The Morgan fingerprint density at radius 3 is 2.86 bits per heavy atom. The molecule has 0 bridgehead atoms. The highest BCUT2D eigenvalue weighted by molar-refractivity contribution is 5.93. The van der Waals surface area contributed by atoms with Gasteiger partial charge < -0.3 is 10.8 Å². The number of nitrogens with two attached hydrogens (primary N) is 1. The lowest BCUT2D eigenvalue weighted by atomic mass is 10.1. The summed E-state index contributed by atoms with van der Waals surface area (Å²) in [6.45, 7) is 1.75. The van der Waals surface area contributed by atoms with Crippen LogP contribution < -0.4 is 5.73 Å². The van der Waals surface area contributed by atoms with Crippen molar-refractivity contribution in [2.75, 3.05) is 5.73 Å². The summed E-state index contributed by atoms with van der Waals surface area (Å²) in [5.41, 5.74) is 6.86. The third kappa shape index (κ3) is 1.16. The maximum atomic E-state index is 13.1. The molecular weight excluding hydrogens is 183 g/mol. The average Bonchev–Trinajstić information content (AvgIpc) is 2.10. The van der Waals surface area contributed by atoms with E-state index in [4.69, 9.17) is 5.73 Å². The van der Waals surface area contributed by atoms with Crippen LogP contribution in [0, 0.1) is 12.7 Å². The molecule has 0 atom stereocenters. The van der Waals surface area contributed by atoms with Gasteiger partial charge in [-0.3, -0.25) is 4.98 Å². The van der Waals surface area contributed by atoms with Gasteiger partial charge in [0.15, 0.2) is 5.82 Å². The lowest BCUT2D eigenvalue weighted by molar-refractivity contribution is 0.475. The summed E-state index contributed by atoms with van der Waals surface area (Å²) in [5.74, 6) is -0.431. The van der Waals surface area contributed by atoms with Crippen molar-refractivity contribution in [1.82, 2.24) is 4.98 Å². The zero-order valence-corrected chi connectivity index (χ0v) is 7.58. The number of benzene rings is 1. The summed E-state index contributed by atoms with van der Waals surface area (Å²) >= 11 is 0. The number of fused-ring (bicyclic) bond motifs is 1. The van der Waals surface area contributed by atoms with Gasteiger partial charge in [0.2, 0.25) is 0 Å². The number of nitrogens with zero attached hydrogens (tertiary/aromatic N) is 1. The van der Waals surface area contributed by atoms with E-state index in [-0.39, 0.29) is 11.4 Å². The highest BCUT2D eigenvalue weighted by atomic mass is 19.1. The van der Waals surface area contributed by atoms with E-state index < -0.39 is 5.82 Å². The maximum absolute atomic E-state index is 13.1. The zero-order chi connectivity index (χ0) is 10.3. The normalized spacial score (nSPS) is 10.7. The summed E-state index contributed by atoms with van der Waals surface area (Å²) in [5, 5.41) is 9.85. The Morgan fingerprint density at radius 2 is 2.14 bits per heavy atom. The van der Waals surface area contributed by atoms with Crippen molar-refractivity contribution >= 4 is 16.6 Å². The number of aromatic nitrogens is 1. The molecule has 3 nitrogen and oxygen atoms in total. The summed E-state index contributed by atoms with van der Waals surface area (Å²) in [6, 6.07) is 2.98. The minimum atomic E-state index is -0.536. The molecule has 0 aliphatic heterocycles. The summed E-state index contributed by atoms with van der Waals surface area (Å²) in [4.78, 5) is 3.85. The van der Waals surface area contributed by atoms with Crippen LogP contribution in [0.1, 0.15) is 5.56 Å². The van der Waals surface area contributed by atoms with Crippen LogP contribution in [0.15, 0.2) is 18.3 Å². The number of phenols is 1. The zero-order valence-electron chi connectivity index (χ0n) is 7.58. The minimum Gasteiger partial charge on any atom is -0.508 e. The van der Waals surface area contributed by atoms with E-state index in [1.54, 1.807) is 6.92 Å². The molecule has 0 fully saturated rings. The molecule has 1 aromatic heterocycles. The first-order chi connectivity index (χ1) is 6.59. The average molecular weight is 192 g/mol. The van der Waals surface area contributed by atoms with Crippen LogP contribution in [0.3, 0.4) is 0 Å². The third-order valence-corrected chi connectivity index (χ3v) is 2.14. The van der Waals surface area contributed by atoms with Gasteiger partial charge in [0.25, 0.3) is 0 Å². The molecule has 0 unspecified atom stereocenters. The number of nitrogen functional groups attached to an aromatic ring is 1. The van der Waals surface area contributed by atoms with E-state index in [2.05, 4.69) is 4.98 Å². The molecule has 0 saturated carbocycles. The highest BCUT2D eigenvalue weighted by Gasteiger charge is 2.08. The van der Waals surface area contributed by atoms with Gasteiger partial charge in [-0.1, -0.05) is 0 Å². The second kappa shape index (κ2) is 2.83. The number of rotatable bonds is 0. The van der Waals surface area contributed by atoms with Crippen LogP contribution in [0.25, 0.3) is 10.9 Å². The molecule has 1 aromatic carbocycles. The molecule has 0 radical (unpaired) electrons. The number of hydrogen-bond acceptors (Lipinski definition) is 3. The summed E-state index contributed by atoms with van der Waals surface area (Å²) in [7, 11) is 0. The molecular formula is C10H9FN2O. The lowest BCUT2D eigenvalue weighted by Gasteiger charge is -2.06. The van der Waals surface area contributed by atoms with Crippen molar-refractivity contribution in [1.29, 1.82) is 0 Å². The van der Waals surface area contributed by atoms with Gasteiger partial charge in [-0.25, -0.2) is 4.39 Å². The van der Waals surface area contributed by atoms with Crippen LogP contribution in [-0.4, -0.2) is 10.1 Å². The van der Waals surface area contributed by atoms with Gasteiger partial charge in [-0.2, -0.15) is 0 Å². The number of aromatic hydroxyl groups is 1. The Balaban J connectivity index is 2.95. The van der Waals surface area contributed by atoms with Gasteiger partial charge in [0, 0.05) is 11.5 Å². The first-order valence-corrected chi connectivity index (χ1v) is 4.13. The predicted octanol–water partition coefficient (Wildman–Crippen LogP) is 1.97. The molecule has 72 valence electrons. The van der Waals surface area contributed by atoms with Crippen molar-refractivity contribution in [2.45, 2.75) is 6.92 Å². The molecule has 0 amide bonds. The Kier molecular flexibility index (Phi) is 1.77. The Labute approximate surface area is 80.0 Å². The Bertz CT molecular complexity index is 511. The second-order valence-corrected chi connectivity index (χ2v) is 3.18. The number of anilines is 1. The van der Waals surface area contributed by atoms with E-state index >= 15 is 0 Å². The maximum Gasteiger partial charge on any atom is 0.165 e. The fraction of sp³-hybridized carbons (Fsp3) is 0.100. The molecule has 0 aliphatic rings. The fourth-order valence-corrected chi connectivity index (χ4v) is 1.52. The number of hydrogen-bond donors (Lipinski definition) is 2. The van der Waals surface area contributed by atoms with Crippen molar-refractivity contribution in [3.8, 4) is 5.75 Å². The second-order valence-electron chi connectivity index (χ2n) is 3.18. The van der Waals surface area contributed by atoms with E-state index in [1.165, 1.54) is 12.1 Å². The molecule has 0 spiro atoms. The summed E-state index contributed by atoms with van der Waals surface area (Å²) < 4.78 is 13.1. The molecule has 3 N–H and O–H groups in total. The molecule has 14 heavy (non-hydrogen) atoms. The third-order valence-electron chi connectivity index (χ3n) is 2.14. The largest absolute Gasteiger partial charge is 0.508 e. The van der Waals surface area contributed by atoms with Crippen molar-refractivity contribution in [3.05, 3.63) is 29.7 Å². The first-order valence-electron chi connectivity index (χ1n) is 4.13. The van der Waals surface area contributed by atoms with Crippen LogP contribution in [0.2, 0.25) is 0 Å². The number of phenolic OH excluding ortho intramolecular Hbond substituents is 1. The van der Waals surface area contributed by atoms with E-state index in [1.807, 2.05) is 0 Å². The lowest BCUT2D eigenvalue weighted by Crippen LogP contribution is -1.95. The van der Waals surface area contributed by atoms with E-state index in [0.717, 1.165) is 6.20 Å². The molecule has 2 aromatic rings. The van der Waals surface area contributed by atoms with Crippen molar-refractivity contribution < 1.29 is 9.50 Å². The first kappa shape index (κ1) is 8.74. The molecule has 2 rings (SSSR count). The predicted molar refractivity (Wildman–Crippen MR) is 52.5 cm³/mol. The van der Waals surface area contributed by atoms with Gasteiger partial charge in [-0.15, -0.1) is 0 Å². The monoisotopic (exact) mass is 192 g/mol. The number of pyridine rings is 1. The summed E-state index contributed by atoms with van der Waals surface area (Å²) in [6.07, 6.45) is 1.05. The van der Waals surface area contributed by atoms with Gasteiger partial charge in [0.1, 0.15) is 5.75 Å². The van der Waals surface area contributed by atoms with Crippen LogP contribution in [0.5, 0.6) is 5.75 Å². The van der Waals surface area contributed by atoms with E-state index in [0.29, 0.717) is 16.5 Å². The van der Waals surface area contributed by atoms with Crippen molar-refractivity contribution in [2.24, 2.45) is 0 Å². The van der Waals surface area contributed by atoms with Gasteiger partial charge in [-0.05, 0) is 18.6 Å². The molecule has 4 heteroatoms. The Morgan fingerprint density at radius 1 is 1.43 bits per heavy atom. The smallest absolute Gasteiger partial charge is 0.165 e. The van der Waals surface area contributed by atoms with Crippen LogP contribution >= 0.6 is 0 Å². The molecule has 1 heterocycles. The minimum absolute atomic E-state index is 0.0764. The number of halogens is 1. The highest BCUT2D eigenvalue weighted by Crippen LogP contribution is 2.28. The SMILES string of the molecule is Cc1cc(O)cc2ncc(F)c(N)c12. The topological polar surface area (TPSA) is 59.1 Å². The fourth-order valence-electron chi connectivity index (χ4n) is 1.52. The quantitative estimate of drug-likeness (QED) is 0.670. The van der Waals surface area contributed by atoms with E-state index in [9.17, 15) is 9.50 Å². The van der Waals surface area contributed by atoms with Gasteiger partial charge in [0.05, 0.1) is 17.4 Å². The molecule has 0 aliphatic carbocycles.